The van der Waals surface area contributed by atoms with Crippen molar-refractivity contribution in [1.82, 2.24) is 15.0 Å². The summed E-state index contributed by atoms with van der Waals surface area (Å²) in [5.74, 6) is 0. The average molecular weight is 165 g/mol. The van der Waals surface area contributed by atoms with Crippen LogP contribution in [0.1, 0.15) is 44.1 Å². The SMILES string of the molecule is CC(C)n1nnc2c1CCCC2. The first-order valence-electron chi connectivity index (χ1n) is 4.72. The first-order chi connectivity index (χ1) is 5.79. The van der Waals surface area contributed by atoms with Crippen molar-refractivity contribution < 1.29 is 0 Å². The van der Waals surface area contributed by atoms with E-state index in [1.807, 2.05) is 0 Å². The highest BCUT2D eigenvalue weighted by Crippen LogP contribution is 2.20. The number of nitrogens with zero attached hydrogens (tertiary/aromatic N) is 3. The lowest BCUT2D eigenvalue weighted by atomic mass is 10.0. The molecule has 0 aromatic carbocycles. The maximum absolute atomic E-state index is 4.19. The Morgan fingerprint density at radius 3 is 2.75 bits per heavy atom. The smallest absolute Gasteiger partial charge is 0.0859 e. The van der Waals surface area contributed by atoms with Gasteiger partial charge in [0, 0.05) is 6.04 Å². The van der Waals surface area contributed by atoms with Gasteiger partial charge in [-0.25, -0.2) is 4.68 Å². The third-order valence-electron chi connectivity index (χ3n) is 2.44. The molecule has 0 atom stereocenters. The number of hydrogen-bond donors (Lipinski definition) is 0. The second-order valence-electron chi connectivity index (χ2n) is 3.73. The summed E-state index contributed by atoms with van der Waals surface area (Å²) in [5, 5.41) is 8.35. The molecule has 1 aliphatic carbocycles. The highest BCUT2D eigenvalue weighted by Gasteiger charge is 2.17. The Morgan fingerprint density at radius 1 is 1.25 bits per heavy atom. The fraction of sp³-hybridized carbons (Fsp3) is 0.778. The zero-order valence-electron chi connectivity index (χ0n) is 7.75. The maximum atomic E-state index is 4.19. The van der Waals surface area contributed by atoms with Crippen LogP contribution in [0.2, 0.25) is 0 Å². The lowest BCUT2D eigenvalue weighted by Gasteiger charge is -2.13. The van der Waals surface area contributed by atoms with Gasteiger partial charge >= 0.3 is 0 Å². The quantitative estimate of drug-likeness (QED) is 0.634. The third kappa shape index (κ3) is 1.13. The average Bonchev–Trinajstić information content (AvgIpc) is 2.47. The molecule has 66 valence electrons. The summed E-state index contributed by atoms with van der Waals surface area (Å²) < 4.78 is 2.06. The lowest BCUT2D eigenvalue weighted by molar-refractivity contribution is 0.486. The van der Waals surface area contributed by atoms with E-state index in [0.717, 1.165) is 6.42 Å². The van der Waals surface area contributed by atoms with Crippen molar-refractivity contribution in [1.29, 1.82) is 0 Å². The Labute approximate surface area is 72.8 Å². The van der Waals surface area contributed by atoms with Crippen LogP contribution in [-0.2, 0) is 12.8 Å². The highest BCUT2D eigenvalue weighted by molar-refractivity contribution is 5.13. The summed E-state index contributed by atoms with van der Waals surface area (Å²) in [6.45, 7) is 4.31. The van der Waals surface area contributed by atoms with Crippen LogP contribution in [0, 0.1) is 0 Å². The minimum Gasteiger partial charge on any atom is -0.247 e. The fourth-order valence-electron chi connectivity index (χ4n) is 1.80. The van der Waals surface area contributed by atoms with Gasteiger partial charge < -0.3 is 0 Å². The number of aryl methyl sites for hydroxylation is 1. The number of hydrogen-bond acceptors (Lipinski definition) is 2. The zero-order chi connectivity index (χ0) is 8.55. The molecule has 0 aliphatic heterocycles. The molecule has 1 aromatic heterocycles. The van der Waals surface area contributed by atoms with Crippen molar-refractivity contribution in [2.24, 2.45) is 0 Å². The standard InChI is InChI=1S/C9H15N3/c1-7(2)12-9-6-4-3-5-8(9)10-11-12/h7H,3-6H2,1-2H3. The molecule has 0 bridgehead atoms. The van der Waals surface area contributed by atoms with Crippen LogP contribution in [0.5, 0.6) is 0 Å². The van der Waals surface area contributed by atoms with E-state index in [2.05, 4.69) is 28.8 Å². The van der Waals surface area contributed by atoms with E-state index in [9.17, 15) is 0 Å². The molecule has 1 aromatic rings. The van der Waals surface area contributed by atoms with Gasteiger partial charge in [0.15, 0.2) is 0 Å². The first kappa shape index (κ1) is 7.77. The molecule has 0 saturated carbocycles. The van der Waals surface area contributed by atoms with Crippen molar-refractivity contribution in [3.63, 3.8) is 0 Å². The van der Waals surface area contributed by atoms with Crippen molar-refractivity contribution in [2.45, 2.75) is 45.6 Å². The summed E-state index contributed by atoms with van der Waals surface area (Å²) in [6.07, 6.45) is 4.87. The number of aromatic nitrogens is 3. The molecule has 3 nitrogen and oxygen atoms in total. The van der Waals surface area contributed by atoms with E-state index >= 15 is 0 Å². The zero-order valence-corrected chi connectivity index (χ0v) is 7.75. The third-order valence-corrected chi connectivity index (χ3v) is 2.44. The van der Waals surface area contributed by atoms with E-state index in [0.29, 0.717) is 6.04 Å². The van der Waals surface area contributed by atoms with E-state index in [4.69, 9.17) is 0 Å². The van der Waals surface area contributed by atoms with Crippen molar-refractivity contribution in [2.75, 3.05) is 0 Å². The molecule has 0 N–H and O–H groups in total. The molecular formula is C9H15N3. The molecule has 0 spiro atoms. The second kappa shape index (κ2) is 2.88. The molecule has 12 heavy (non-hydrogen) atoms. The summed E-state index contributed by atoms with van der Waals surface area (Å²) >= 11 is 0. The normalized spacial score (nSPS) is 16.6. The Morgan fingerprint density at radius 2 is 2.00 bits per heavy atom. The number of fused-ring (bicyclic) bond motifs is 1. The monoisotopic (exact) mass is 165 g/mol. The van der Waals surface area contributed by atoms with Gasteiger partial charge in [0.2, 0.25) is 0 Å². The molecule has 0 unspecified atom stereocenters. The van der Waals surface area contributed by atoms with Gasteiger partial charge in [-0.05, 0) is 39.5 Å². The molecule has 0 amide bonds. The Kier molecular flexibility index (Phi) is 1.87. The van der Waals surface area contributed by atoms with E-state index in [-0.39, 0.29) is 0 Å². The highest BCUT2D eigenvalue weighted by atomic mass is 15.4. The first-order valence-corrected chi connectivity index (χ1v) is 4.72. The topological polar surface area (TPSA) is 30.7 Å². The summed E-state index contributed by atoms with van der Waals surface area (Å²) in [7, 11) is 0. The molecule has 0 saturated heterocycles. The minimum atomic E-state index is 0.458. The molecule has 0 radical (unpaired) electrons. The van der Waals surface area contributed by atoms with Gasteiger partial charge in [-0.3, -0.25) is 0 Å². The largest absolute Gasteiger partial charge is 0.247 e. The lowest BCUT2D eigenvalue weighted by Crippen LogP contribution is -2.11. The van der Waals surface area contributed by atoms with Crippen molar-refractivity contribution in [3.05, 3.63) is 11.4 Å². The van der Waals surface area contributed by atoms with Crippen LogP contribution in [-0.4, -0.2) is 15.0 Å². The van der Waals surface area contributed by atoms with Gasteiger partial charge in [0.1, 0.15) is 0 Å². The molecule has 3 heteroatoms. The summed E-state index contributed by atoms with van der Waals surface area (Å²) in [5.41, 5.74) is 2.60. The van der Waals surface area contributed by atoms with Gasteiger partial charge in [-0.15, -0.1) is 5.10 Å². The molecule has 1 aliphatic rings. The Bertz CT molecular complexity index is 275. The predicted molar refractivity (Wildman–Crippen MR) is 47.0 cm³/mol. The van der Waals surface area contributed by atoms with Gasteiger partial charge in [0.05, 0.1) is 11.4 Å². The predicted octanol–water partition coefficient (Wildman–Crippen LogP) is 1.74. The van der Waals surface area contributed by atoms with Crippen molar-refractivity contribution >= 4 is 0 Å². The Hall–Kier alpha value is -0.860. The van der Waals surface area contributed by atoms with E-state index < -0.39 is 0 Å². The molecular weight excluding hydrogens is 150 g/mol. The van der Waals surface area contributed by atoms with Crippen LogP contribution < -0.4 is 0 Å². The second-order valence-corrected chi connectivity index (χ2v) is 3.73. The summed E-state index contributed by atoms with van der Waals surface area (Å²) in [4.78, 5) is 0. The van der Waals surface area contributed by atoms with Crippen LogP contribution >= 0.6 is 0 Å². The number of rotatable bonds is 1. The van der Waals surface area contributed by atoms with Crippen LogP contribution in [0.4, 0.5) is 0 Å². The van der Waals surface area contributed by atoms with Crippen LogP contribution in [0.25, 0.3) is 0 Å². The fourth-order valence-corrected chi connectivity index (χ4v) is 1.80. The molecule has 0 fully saturated rings. The van der Waals surface area contributed by atoms with E-state index in [1.54, 1.807) is 0 Å². The van der Waals surface area contributed by atoms with Crippen LogP contribution in [0.3, 0.4) is 0 Å². The Balaban J connectivity index is 2.38. The summed E-state index contributed by atoms with van der Waals surface area (Å²) in [6, 6.07) is 0.458. The molecule has 1 heterocycles. The minimum absolute atomic E-state index is 0.458. The maximum Gasteiger partial charge on any atom is 0.0859 e. The van der Waals surface area contributed by atoms with Crippen LogP contribution in [0.15, 0.2) is 0 Å². The van der Waals surface area contributed by atoms with E-state index in [1.165, 1.54) is 30.7 Å². The van der Waals surface area contributed by atoms with Gasteiger partial charge in [-0.1, -0.05) is 5.21 Å². The van der Waals surface area contributed by atoms with Gasteiger partial charge in [-0.2, -0.15) is 0 Å². The molecule has 2 rings (SSSR count). The van der Waals surface area contributed by atoms with Crippen molar-refractivity contribution in [3.8, 4) is 0 Å². The van der Waals surface area contributed by atoms with Gasteiger partial charge in [0.25, 0.3) is 0 Å².